The Morgan fingerprint density at radius 1 is 1.31 bits per heavy atom. The molecule has 1 heterocycles. The van der Waals surface area contributed by atoms with Crippen LogP contribution in [0.25, 0.3) is 0 Å². The van der Waals surface area contributed by atoms with Crippen LogP contribution in [0.2, 0.25) is 0 Å². The summed E-state index contributed by atoms with van der Waals surface area (Å²) < 4.78 is 0. The van der Waals surface area contributed by atoms with Crippen LogP contribution in [0.3, 0.4) is 0 Å². The molecule has 0 aromatic heterocycles. The summed E-state index contributed by atoms with van der Waals surface area (Å²) in [5.41, 5.74) is 2.92. The van der Waals surface area contributed by atoms with E-state index in [4.69, 9.17) is 10.0 Å². The highest BCUT2D eigenvalue weighted by molar-refractivity contribution is 6.59. The minimum absolute atomic E-state index is 0.652. The van der Waals surface area contributed by atoms with Crippen LogP contribution in [-0.2, 0) is 13.0 Å². The molecule has 0 amide bonds. The van der Waals surface area contributed by atoms with Crippen molar-refractivity contribution in [3.63, 3.8) is 0 Å². The molecule has 2 rings (SSSR count). The molecule has 0 saturated carbocycles. The van der Waals surface area contributed by atoms with Gasteiger partial charge in [0.25, 0.3) is 0 Å². The van der Waals surface area contributed by atoms with Crippen LogP contribution in [0, 0.1) is 0 Å². The third-order valence-corrected chi connectivity index (χ3v) is 2.45. The molecule has 1 aromatic carbocycles. The van der Waals surface area contributed by atoms with Gasteiger partial charge in [-0.1, -0.05) is 18.2 Å². The van der Waals surface area contributed by atoms with Gasteiger partial charge < -0.3 is 15.4 Å². The average molecular weight is 177 g/mol. The molecule has 13 heavy (non-hydrogen) atoms. The van der Waals surface area contributed by atoms with Gasteiger partial charge in [-0.15, -0.1) is 0 Å². The maximum absolute atomic E-state index is 9.11. The van der Waals surface area contributed by atoms with Gasteiger partial charge >= 0.3 is 7.12 Å². The highest BCUT2D eigenvalue weighted by atomic mass is 16.4. The van der Waals surface area contributed by atoms with Crippen molar-refractivity contribution in [2.45, 2.75) is 13.0 Å². The zero-order valence-corrected chi connectivity index (χ0v) is 7.33. The lowest BCUT2D eigenvalue weighted by molar-refractivity contribution is 0.425. The van der Waals surface area contributed by atoms with Crippen LogP contribution in [0.15, 0.2) is 18.2 Å². The summed E-state index contributed by atoms with van der Waals surface area (Å²) in [6.07, 6.45) is 0.878. The minimum atomic E-state index is -1.34. The second-order valence-corrected chi connectivity index (χ2v) is 3.29. The third-order valence-electron chi connectivity index (χ3n) is 2.45. The zero-order valence-electron chi connectivity index (χ0n) is 7.33. The van der Waals surface area contributed by atoms with E-state index in [0.717, 1.165) is 25.1 Å². The van der Waals surface area contributed by atoms with Gasteiger partial charge in [0.15, 0.2) is 0 Å². The van der Waals surface area contributed by atoms with Crippen LogP contribution in [0.1, 0.15) is 11.1 Å². The number of nitrogens with one attached hydrogen (secondary N) is 1. The Bertz CT molecular complexity index is 314. The fourth-order valence-corrected chi connectivity index (χ4v) is 1.80. The van der Waals surface area contributed by atoms with Crippen LogP contribution < -0.4 is 10.8 Å². The molecule has 1 aliphatic heterocycles. The summed E-state index contributed by atoms with van der Waals surface area (Å²) in [7, 11) is -1.34. The first-order valence-electron chi connectivity index (χ1n) is 4.46. The summed E-state index contributed by atoms with van der Waals surface area (Å²) in [6.45, 7) is 1.74. The first kappa shape index (κ1) is 8.75. The van der Waals surface area contributed by atoms with Crippen molar-refractivity contribution < 1.29 is 10.0 Å². The predicted octanol–water partition coefficient (Wildman–Crippen LogP) is -0.988. The lowest BCUT2D eigenvalue weighted by Crippen LogP contribution is -2.37. The largest absolute Gasteiger partial charge is 0.488 e. The van der Waals surface area contributed by atoms with Crippen LogP contribution in [0.4, 0.5) is 0 Å². The fraction of sp³-hybridized carbons (Fsp3) is 0.333. The lowest BCUT2D eigenvalue weighted by atomic mass is 9.74. The summed E-state index contributed by atoms with van der Waals surface area (Å²) in [6, 6.07) is 5.66. The molecule has 0 unspecified atom stereocenters. The van der Waals surface area contributed by atoms with Crippen molar-refractivity contribution in [1.29, 1.82) is 0 Å². The molecule has 68 valence electrons. The third kappa shape index (κ3) is 1.61. The van der Waals surface area contributed by atoms with E-state index < -0.39 is 7.12 Å². The molecular formula is C9H12BNO2. The standard InChI is InChI=1S/C9H12BNO2/c12-10(13)9-3-1-2-7-6-11-5-4-8(7)9/h1-3,11-13H,4-6H2. The summed E-state index contributed by atoms with van der Waals surface area (Å²) >= 11 is 0. The van der Waals surface area contributed by atoms with Gasteiger partial charge in [-0.25, -0.2) is 0 Å². The van der Waals surface area contributed by atoms with Crippen molar-refractivity contribution >= 4 is 12.6 Å². The first-order chi connectivity index (χ1) is 6.29. The topological polar surface area (TPSA) is 52.5 Å². The van der Waals surface area contributed by atoms with Crippen molar-refractivity contribution in [2.75, 3.05) is 6.54 Å². The molecule has 0 radical (unpaired) electrons. The Labute approximate surface area is 77.6 Å². The maximum Gasteiger partial charge on any atom is 0.488 e. The molecule has 0 saturated heterocycles. The van der Waals surface area contributed by atoms with Crippen molar-refractivity contribution in [3.05, 3.63) is 29.3 Å². The van der Waals surface area contributed by atoms with E-state index in [1.807, 2.05) is 12.1 Å². The highest BCUT2D eigenvalue weighted by Gasteiger charge is 2.19. The van der Waals surface area contributed by atoms with Crippen LogP contribution >= 0.6 is 0 Å². The lowest BCUT2D eigenvalue weighted by Gasteiger charge is -2.19. The van der Waals surface area contributed by atoms with Crippen LogP contribution in [-0.4, -0.2) is 23.7 Å². The van der Waals surface area contributed by atoms with Crippen LogP contribution in [0.5, 0.6) is 0 Å². The summed E-state index contributed by atoms with van der Waals surface area (Å²) in [5.74, 6) is 0. The number of hydrogen-bond acceptors (Lipinski definition) is 3. The van der Waals surface area contributed by atoms with Gasteiger partial charge in [0, 0.05) is 6.54 Å². The van der Waals surface area contributed by atoms with E-state index >= 15 is 0 Å². The van der Waals surface area contributed by atoms with E-state index in [1.165, 1.54) is 5.56 Å². The summed E-state index contributed by atoms with van der Waals surface area (Å²) in [4.78, 5) is 0. The molecule has 0 spiro atoms. The SMILES string of the molecule is OB(O)c1cccc2c1CCNC2. The Balaban J connectivity index is 2.46. The predicted molar refractivity (Wildman–Crippen MR) is 51.7 cm³/mol. The zero-order chi connectivity index (χ0) is 9.26. The quantitative estimate of drug-likeness (QED) is 0.483. The second kappa shape index (κ2) is 3.50. The fourth-order valence-electron chi connectivity index (χ4n) is 1.80. The van der Waals surface area contributed by atoms with Gasteiger partial charge in [-0.2, -0.15) is 0 Å². The normalized spacial score (nSPS) is 15.2. The number of fused-ring (bicyclic) bond motifs is 1. The van der Waals surface area contributed by atoms with E-state index in [2.05, 4.69) is 5.32 Å². The molecule has 3 nitrogen and oxygen atoms in total. The van der Waals surface area contributed by atoms with E-state index in [1.54, 1.807) is 6.07 Å². The van der Waals surface area contributed by atoms with E-state index in [0.29, 0.717) is 5.46 Å². The number of hydrogen-bond donors (Lipinski definition) is 3. The molecule has 1 aromatic rings. The maximum atomic E-state index is 9.11. The molecule has 4 heteroatoms. The van der Waals surface area contributed by atoms with Crippen molar-refractivity contribution in [1.82, 2.24) is 5.32 Å². The molecule has 0 bridgehead atoms. The van der Waals surface area contributed by atoms with E-state index in [9.17, 15) is 0 Å². The summed E-state index contributed by atoms with van der Waals surface area (Å²) in [5, 5.41) is 21.5. The molecule has 1 aliphatic rings. The monoisotopic (exact) mass is 177 g/mol. The van der Waals surface area contributed by atoms with Gasteiger partial charge in [0.2, 0.25) is 0 Å². The first-order valence-corrected chi connectivity index (χ1v) is 4.46. The van der Waals surface area contributed by atoms with Gasteiger partial charge in [-0.05, 0) is 29.6 Å². The average Bonchev–Trinajstić information content (AvgIpc) is 2.17. The molecule has 0 atom stereocenters. The minimum Gasteiger partial charge on any atom is -0.423 e. The van der Waals surface area contributed by atoms with Gasteiger partial charge in [0.1, 0.15) is 0 Å². The van der Waals surface area contributed by atoms with E-state index in [-0.39, 0.29) is 0 Å². The van der Waals surface area contributed by atoms with Gasteiger partial charge in [0.05, 0.1) is 0 Å². The Morgan fingerprint density at radius 2 is 2.15 bits per heavy atom. The smallest absolute Gasteiger partial charge is 0.423 e. The van der Waals surface area contributed by atoms with Gasteiger partial charge in [-0.3, -0.25) is 0 Å². The Morgan fingerprint density at radius 3 is 2.92 bits per heavy atom. The Kier molecular flexibility index (Phi) is 2.35. The number of benzene rings is 1. The molecule has 0 aliphatic carbocycles. The van der Waals surface area contributed by atoms with Crippen molar-refractivity contribution in [3.8, 4) is 0 Å². The molecular weight excluding hydrogens is 165 g/mol. The Hall–Kier alpha value is -0.835. The highest BCUT2D eigenvalue weighted by Crippen LogP contribution is 2.11. The number of rotatable bonds is 1. The molecule has 3 N–H and O–H groups in total. The van der Waals surface area contributed by atoms with Crippen molar-refractivity contribution in [2.24, 2.45) is 0 Å². The second-order valence-electron chi connectivity index (χ2n) is 3.29. The molecule has 0 fully saturated rings.